The monoisotopic (exact) mass is 999 g/mol. The molecule has 1 spiro atoms. The molecule has 70 heavy (non-hydrogen) atoms. The van der Waals surface area contributed by atoms with Gasteiger partial charge in [-0.3, -0.25) is 14.4 Å². The van der Waals surface area contributed by atoms with Crippen molar-refractivity contribution in [3.8, 4) is 0 Å². The lowest BCUT2D eigenvalue weighted by Crippen LogP contribution is -2.42. The van der Waals surface area contributed by atoms with Gasteiger partial charge in [0, 0.05) is 84.8 Å². The summed E-state index contributed by atoms with van der Waals surface area (Å²) in [5.41, 5.74) is 7.51. The van der Waals surface area contributed by atoms with E-state index in [-0.39, 0.29) is 41.2 Å². The Morgan fingerprint density at radius 2 is 0.857 bits per heavy atom. The van der Waals surface area contributed by atoms with Gasteiger partial charge in [0.2, 0.25) is 0 Å². The predicted octanol–water partition coefficient (Wildman–Crippen LogP) is 15.3. The second-order valence-electron chi connectivity index (χ2n) is 21.4. The van der Waals surface area contributed by atoms with Crippen molar-refractivity contribution >= 4 is 46.6 Å². The summed E-state index contributed by atoms with van der Waals surface area (Å²) in [6, 6.07) is 21.7. The summed E-state index contributed by atoms with van der Waals surface area (Å²) in [5.74, 6) is 0.699. The molecule has 9 rings (SSSR count). The third kappa shape index (κ3) is 14.1. The minimum Gasteiger partial charge on any atom is -0.371 e. The van der Waals surface area contributed by atoms with Crippen LogP contribution >= 0.6 is 23.2 Å². The van der Waals surface area contributed by atoms with Crippen molar-refractivity contribution < 1.29 is 23.2 Å². The molecule has 4 aromatic carbocycles. The van der Waals surface area contributed by atoms with Crippen LogP contribution in [-0.4, -0.2) is 84.8 Å². The highest BCUT2D eigenvalue weighted by atomic mass is 35.5. The molecule has 380 valence electrons. The van der Waals surface area contributed by atoms with Crippen LogP contribution in [0.3, 0.4) is 0 Å². The van der Waals surface area contributed by atoms with Crippen LogP contribution in [0.1, 0.15) is 203 Å². The smallest absolute Gasteiger partial charge is 0.253 e. The molecular weight excluding hydrogens is 922 g/mol. The molecule has 5 aliphatic rings. The van der Waals surface area contributed by atoms with E-state index < -0.39 is 0 Å². The second kappa shape index (κ2) is 25.3. The van der Waals surface area contributed by atoms with Gasteiger partial charge >= 0.3 is 0 Å². The van der Waals surface area contributed by atoms with Crippen molar-refractivity contribution in [2.24, 2.45) is 5.41 Å². The highest BCUT2D eigenvalue weighted by Gasteiger charge is 2.39. The zero-order valence-electron chi connectivity index (χ0n) is 43.2. The van der Waals surface area contributed by atoms with Gasteiger partial charge in [-0.1, -0.05) is 122 Å². The molecule has 3 amide bonds. The predicted molar refractivity (Wildman–Crippen MR) is 285 cm³/mol. The molecule has 1 aliphatic carbocycles. The number of carbonyl (C=O) groups excluding carboxylic acids is 3. The molecule has 0 atom stereocenters. The molecule has 11 heteroatoms. The van der Waals surface area contributed by atoms with Crippen molar-refractivity contribution in [3.05, 3.63) is 133 Å². The van der Waals surface area contributed by atoms with E-state index in [1.807, 2.05) is 55.7 Å². The quantitative estimate of drug-likeness (QED) is 0.176. The summed E-state index contributed by atoms with van der Waals surface area (Å²) in [6.45, 7) is 23.9. The van der Waals surface area contributed by atoms with E-state index in [2.05, 4.69) is 44.7 Å². The van der Waals surface area contributed by atoms with Crippen molar-refractivity contribution in [3.63, 3.8) is 0 Å². The van der Waals surface area contributed by atoms with E-state index in [9.17, 15) is 23.2 Å². The van der Waals surface area contributed by atoms with Gasteiger partial charge in [0.1, 0.15) is 11.6 Å². The number of carbonyl (C=O) groups is 3. The molecule has 0 bridgehead atoms. The van der Waals surface area contributed by atoms with E-state index >= 15 is 0 Å². The van der Waals surface area contributed by atoms with Crippen molar-refractivity contribution in [2.75, 3.05) is 57.3 Å². The lowest BCUT2D eigenvalue weighted by Gasteiger charge is -2.34. The number of amides is 3. The fourth-order valence-electron chi connectivity index (χ4n) is 10.2. The average molecular weight is 1000 g/mol. The number of hydrogen-bond donors (Lipinski definition) is 0. The Labute approximate surface area is 428 Å². The Morgan fingerprint density at radius 1 is 0.457 bits per heavy atom. The summed E-state index contributed by atoms with van der Waals surface area (Å²) in [7, 11) is 0. The second-order valence-corrected chi connectivity index (χ2v) is 22.3. The van der Waals surface area contributed by atoms with E-state index in [1.54, 1.807) is 35.2 Å². The molecule has 4 saturated heterocycles. The van der Waals surface area contributed by atoms with Crippen LogP contribution in [0.15, 0.2) is 72.8 Å². The highest BCUT2D eigenvalue weighted by molar-refractivity contribution is 6.32. The van der Waals surface area contributed by atoms with Crippen LogP contribution in [0.5, 0.6) is 0 Å². The summed E-state index contributed by atoms with van der Waals surface area (Å²) in [6.07, 6.45) is 14.0. The van der Waals surface area contributed by atoms with E-state index in [0.29, 0.717) is 50.1 Å². The summed E-state index contributed by atoms with van der Waals surface area (Å²) < 4.78 is 27.5. The van der Waals surface area contributed by atoms with Crippen molar-refractivity contribution in [2.45, 2.75) is 150 Å². The molecule has 4 aliphatic heterocycles. The molecule has 4 aromatic rings. The average Bonchev–Trinajstić information content (AvgIpc) is 3.70. The van der Waals surface area contributed by atoms with Gasteiger partial charge in [-0.15, -0.1) is 0 Å². The molecule has 4 heterocycles. The van der Waals surface area contributed by atoms with Crippen LogP contribution in [0.4, 0.5) is 14.5 Å². The van der Waals surface area contributed by atoms with Crippen LogP contribution in [0.25, 0.3) is 0 Å². The zero-order valence-corrected chi connectivity index (χ0v) is 44.7. The number of halogens is 4. The van der Waals surface area contributed by atoms with E-state index in [0.717, 1.165) is 75.5 Å². The maximum Gasteiger partial charge on any atom is 0.253 e. The Balaban J connectivity index is 0.000000154. The third-order valence-electron chi connectivity index (χ3n) is 14.8. The molecule has 5 fully saturated rings. The highest BCUT2D eigenvalue weighted by Crippen LogP contribution is 2.46. The van der Waals surface area contributed by atoms with E-state index in [4.69, 9.17) is 23.2 Å². The molecule has 7 nitrogen and oxygen atoms in total. The SMILES string of the molecule is CC(C)c1ccc(C(=O)N2CCC2)cc1Cl.CC(C)c1ccc(C(=O)N2CCC2)cc1F.CC(C)c1ccc(C(=O)N2CCCCC2)cc1F.CC(C)c1ccc(Cl)cc1N1CCC2(CCCCC2)C1. The standard InChI is InChI=1S/C18H26ClN.C15H20FNO.C13H16ClNO.C13H16FNO/c1-14(2)16-7-6-15(19)12-17(16)20-11-10-18(13-20)8-4-3-5-9-18;1-11(2)13-7-6-12(10-14(13)16)15(18)17-8-4-3-5-9-17;2*1-9(2)11-5-4-10(8-12(11)14)13(16)15-6-3-7-15/h6-7,12,14H,3-5,8-11,13H2,1-2H3;6-7,10-11H,3-5,8-9H2,1-2H3;2*4-5,8-9H,3,6-7H2,1-2H3. The number of anilines is 1. The van der Waals surface area contributed by atoms with Gasteiger partial charge in [-0.25, -0.2) is 8.78 Å². The first kappa shape index (κ1) is 54.9. The van der Waals surface area contributed by atoms with Gasteiger partial charge in [0.05, 0.1) is 0 Å². The molecule has 0 aromatic heterocycles. The van der Waals surface area contributed by atoms with Crippen molar-refractivity contribution in [1.29, 1.82) is 0 Å². The lowest BCUT2D eigenvalue weighted by molar-refractivity contribution is 0.0644. The number of hydrogen-bond acceptors (Lipinski definition) is 4. The van der Waals surface area contributed by atoms with Gasteiger partial charge in [0.15, 0.2) is 0 Å². The maximum atomic E-state index is 13.9. The van der Waals surface area contributed by atoms with Crippen molar-refractivity contribution in [1.82, 2.24) is 14.7 Å². The third-order valence-corrected chi connectivity index (χ3v) is 15.4. The first-order chi connectivity index (χ1) is 33.4. The number of rotatable bonds is 8. The first-order valence-electron chi connectivity index (χ1n) is 26.2. The molecule has 0 N–H and O–H groups in total. The molecular formula is C59H78Cl2F2N4O3. The van der Waals surface area contributed by atoms with E-state index in [1.165, 1.54) is 81.4 Å². The van der Waals surface area contributed by atoms with Crippen LogP contribution in [-0.2, 0) is 0 Å². The van der Waals surface area contributed by atoms with Crippen LogP contribution < -0.4 is 4.90 Å². The first-order valence-corrected chi connectivity index (χ1v) is 26.9. The van der Waals surface area contributed by atoms with Crippen LogP contribution in [0, 0.1) is 17.0 Å². The Morgan fingerprint density at radius 3 is 1.26 bits per heavy atom. The molecule has 0 unspecified atom stereocenters. The molecule has 1 saturated carbocycles. The number of nitrogens with zero attached hydrogens (tertiary/aromatic N) is 4. The molecule has 0 radical (unpaired) electrons. The number of benzene rings is 4. The Bertz CT molecular complexity index is 2320. The summed E-state index contributed by atoms with van der Waals surface area (Å²) >= 11 is 12.4. The minimum absolute atomic E-state index is 0.0380. The Kier molecular flexibility index (Phi) is 19.8. The number of piperidine rings is 1. The lowest BCUT2D eigenvalue weighted by atomic mass is 9.73. The maximum absolute atomic E-state index is 13.9. The fourth-order valence-corrected chi connectivity index (χ4v) is 10.8. The van der Waals surface area contributed by atoms with Crippen LogP contribution in [0.2, 0.25) is 10.0 Å². The summed E-state index contributed by atoms with van der Waals surface area (Å²) in [5, 5.41) is 1.57. The number of likely N-dealkylation sites (tertiary alicyclic amines) is 3. The summed E-state index contributed by atoms with van der Waals surface area (Å²) in [4.78, 5) is 44.0. The van der Waals surface area contributed by atoms with Gasteiger partial charge in [-0.05, 0) is 151 Å². The Hall–Kier alpha value is -4.47. The van der Waals surface area contributed by atoms with Gasteiger partial charge in [0.25, 0.3) is 17.7 Å². The largest absolute Gasteiger partial charge is 0.371 e. The normalized spacial score (nSPS) is 17.3. The van der Waals surface area contributed by atoms with Gasteiger partial charge < -0.3 is 19.6 Å². The fraction of sp³-hybridized carbons (Fsp3) is 0.542. The zero-order chi connectivity index (χ0) is 50.7. The minimum atomic E-state index is -0.277. The topological polar surface area (TPSA) is 64.2 Å². The van der Waals surface area contributed by atoms with Gasteiger partial charge in [-0.2, -0.15) is 0 Å².